The van der Waals surface area contributed by atoms with Crippen molar-refractivity contribution in [3.8, 4) is 0 Å². The van der Waals surface area contributed by atoms with Gasteiger partial charge in [-0.2, -0.15) is 18.3 Å². The number of amides is 2. The minimum absolute atomic E-state index is 0.0128. The van der Waals surface area contributed by atoms with Crippen LogP contribution in [-0.2, 0) is 22.1 Å². The molecule has 1 aliphatic heterocycles. The van der Waals surface area contributed by atoms with E-state index in [1.807, 2.05) is 13.8 Å². The van der Waals surface area contributed by atoms with Gasteiger partial charge in [0.15, 0.2) is 5.82 Å². The van der Waals surface area contributed by atoms with E-state index >= 15 is 0 Å². The molecule has 2 heterocycles. The summed E-state index contributed by atoms with van der Waals surface area (Å²) in [5, 5.41) is 8.31. The van der Waals surface area contributed by atoms with Crippen LogP contribution in [0, 0.1) is 0 Å². The number of aromatic nitrogens is 2. The maximum absolute atomic E-state index is 13.4. The molecular weight excluding hydrogens is 475 g/mol. The number of rotatable bonds is 7. The molecule has 0 radical (unpaired) electrons. The molecule has 2 amide bonds. The Kier molecular flexibility index (Phi) is 7.13. The number of hydrogen-bond acceptors (Lipinski definition) is 6. The summed E-state index contributed by atoms with van der Waals surface area (Å²) in [5.74, 6) is -1.38. The summed E-state index contributed by atoms with van der Waals surface area (Å²) in [6.07, 6.45) is -4.48. The van der Waals surface area contributed by atoms with Crippen LogP contribution in [-0.4, -0.2) is 38.8 Å². The smallest absolute Gasteiger partial charge is 0.384 e. The number of carbonyl (C=O) groups is 2. The van der Waals surface area contributed by atoms with Gasteiger partial charge in [0.1, 0.15) is 11.2 Å². The van der Waals surface area contributed by atoms with Crippen LogP contribution in [0.15, 0.2) is 41.7 Å². The lowest BCUT2D eigenvalue weighted by Crippen LogP contribution is -2.40. The normalized spacial score (nSPS) is 17.6. The van der Waals surface area contributed by atoms with Crippen LogP contribution in [0.1, 0.15) is 63.4 Å². The van der Waals surface area contributed by atoms with Crippen molar-refractivity contribution in [1.29, 1.82) is 0 Å². The Bertz CT molecular complexity index is 1180. The summed E-state index contributed by atoms with van der Waals surface area (Å²) in [5.41, 5.74) is 14.3. The van der Waals surface area contributed by atoms with Gasteiger partial charge in [0, 0.05) is 19.2 Å². The molecule has 0 fully saturated rings. The molecule has 1 aliphatic rings. The second kappa shape index (κ2) is 9.49. The van der Waals surface area contributed by atoms with E-state index in [0.717, 1.165) is 24.1 Å². The third kappa shape index (κ3) is 4.90. The summed E-state index contributed by atoms with van der Waals surface area (Å²) < 4.78 is 41.5. The van der Waals surface area contributed by atoms with Crippen LogP contribution in [0.5, 0.6) is 0 Å². The average Bonchev–Trinajstić information content (AvgIpc) is 3.32. The van der Waals surface area contributed by atoms with Gasteiger partial charge in [-0.3, -0.25) is 19.3 Å². The van der Waals surface area contributed by atoms with Crippen LogP contribution in [0.2, 0.25) is 0 Å². The summed E-state index contributed by atoms with van der Waals surface area (Å²) in [6.45, 7) is 7.63. The number of primary amides is 1. The minimum Gasteiger partial charge on any atom is -0.384 e. The first kappa shape index (κ1) is 27.1. The fourth-order valence-corrected chi connectivity index (χ4v) is 4.11. The number of anilines is 1. The van der Waals surface area contributed by atoms with E-state index in [1.165, 1.54) is 13.1 Å². The molecule has 1 aromatic carbocycles. The van der Waals surface area contributed by atoms with Gasteiger partial charge >= 0.3 is 6.18 Å². The Hall–Kier alpha value is -3.54. The highest BCUT2D eigenvalue weighted by atomic mass is 19.4. The van der Waals surface area contributed by atoms with Gasteiger partial charge in [0.2, 0.25) is 11.8 Å². The predicted molar refractivity (Wildman–Crippen MR) is 129 cm³/mol. The second-order valence-corrected chi connectivity index (χ2v) is 9.73. The first-order chi connectivity index (χ1) is 16.6. The van der Waals surface area contributed by atoms with Crippen LogP contribution in [0.25, 0.3) is 0 Å². The standard InChI is InChI=1S/C24H32F3N7O2/c1-12(2)34-20(28)18(21(29)35)19(32-34)15-9-7-14(8-10-15)13(3)22(36)30-17-11-16(33(6)31-17)23(4,5)24(25,26)27/h7-13,19,32H,28H2,1-6H3,(H2,29,35)(H,30,31,36). The summed E-state index contributed by atoms with van der Waals surface area (Å²) >= 11 is 0. The number of hydrogen-bond donors (Lipinski definition) is 4. The second-order valence-electron chi connectivity index (χ2n) is 9.73. The van der Waals surface area contributed by atoms with Gasteiger partial charge < -0.3 is 16.8 Å². The van der Waals surface area contributed by atoms with Crippen molar-refractivity contribution in [2.75, 3.05) is 5.32 Å². The van der Waals surface area contributed by atoms with Crippen molar-refractivity contribution < 1.29 is 22.8 Å². The number of carbonyl (C=O) groups excluding carboxylic acids is 2. The van der Waals surface area contributed by atoms with Crippen molar-refractivity contribution >= 4 is 17.6 Å². The molecule has 36 heavy (non-hydrogen) atoms. The largest absolute Gasteiger partial charge is 0.399 e. The fourth-order valence-electron chi connectivity index (χ4n) is 4.11. The molecule has 0 saturated carbocycles. The van der Waals surface area contributed by atoms with E-state index in [-0.39, 0.29) is 28.9 Å². The van der Waals surface area contributed by atoms with Crippen LogP contribution >= 0.6 is 0 Å². The Labute approximate surface area is 207 Å². The van der Waals surface area contributed by atoms with Crippen molar-refractivity contribution in [2.24, 2.45) is 18.5 Å². The van der Waals surface area contributed by atoms with Crippen LogP contribution in [0.3, 0.4) is 0 Å². The molecule has 3 rings (SSSR count). The Morgan fingerprint density at radius 1 is 1.14 bits per heavy atom. The molecule has 9 nitrogen and oxygen atoms in total. The van der Waals surface area contributed by atoms with Gasteiger partial charge in [0.25, 0.3) is 0 Å². The van der Waals surface area contributed by atoms with Gasteiger partial charge in [-0.1, -0.05) is 24.3 Å². The maximum Gasteiger partial charge on any atom is 0.399 e. The SMILES string of the molecule is CC(C(=O)Nc1cc(C(C)(C)C(F)(F)F)n(C)n1)c1ccc(C2NN(C(C)C)C(N)=C2C(N)=O)cc1. The number of nitrogens with one attached hydrogen (secondary N) is 2. The van der Waals surface area contributed by atoms with E-state index in [2.05, 4.69) is 15.8 Å². The summed E-state index contributed by atoms with van der Waals surface area (Å²) in [7, 11) is 1.40. The zero-order valence-electron chi connectivity index (χ0n) is 21.1. The highest BCUT2D eigenvalue weighted by Crippen LogP contribution is 2.41. The molecular formula is C24H32F3N7O2. The zero-order chi connectivity index (χ0) is 27.2. The van der Waals surface area contributed by atoms with Gasteiger partial charge in [0.05, 0.1) is 23.2 Å². The zero-order valence-corrected chi connectivity index (χ0v) is 21.1. The molecule has 1 aromatic heterocycles. The van der Waals surface area contributed by atoms with Crippen LogP contribution in [0.4, 0.5) is 19.0 Å². The number of benzene rings is 1. The van der Waals surface area contributed by atoms with Gasteiger partial charge in [-0.25, -0.2) is 5.43 Å². The van der Waals surface area contributed by atoms with Crippen molar-refractivity contribution in [2.45, 2.75) is 64.2 Å². The molecule has 12 heteroatoms. The molecule has 2 unspecified atom stereocenters. The fraction of sp³-hybridized carbons (Fsp3) is 0.458. The Morgan fingerprint density at radius 2 is 1.72 bits per heavy atom. The molecule has 6 N–H and O–H groups in total. The lowest BCUT2D eigenvalue weighted by atomic mass is 9.88. The highest BCUT2D eigenvalue weighted by Gasteiger charge is 2.50. The van der Waals surface area contributed by atoms with E-state index in [4.69, 9.17) is 11.5 Å². The van der Waals surface area contributed by atoms with Gasteiger partial charge in [-0.05, 0) is 45.7 Å². The lowest BCUT2D eigenvalue weighted by molar-refractivity contribution is -0.182. The lowest BCUT2D eigenvalue weighted by Gasteiger charge is -2.27. The first-order valence-electron chi connectivity index (χ1n) is 11.4. The van der Waals surface area contributed by atoms with E-state index in [1.54, 1.807) is 36.2 Å². The number of nitrogens with zero attached hydrogens (tertiary/aromatic N) is 3. The number of alkyl halides is 3. The van der Waals surface area contributed by atoms with Crippen molar-refractivity contribution in [3.05, 3.63) is 58.5 Å². The minimum atomic E-state index is -4.48. The van der Waals surface area contributed by atoms with Crippen molar-refractivity contribution in [3.63, 3.8) is 0 Å². The summed E-state index contributed by atoms with van der Waals surface area (Å²) in [4.78, 5) is 24.9. The van der Waals surface area contributed by atoms with E-state index in [0.29, 0.717) is 5.56 Å². The van der Waals surface area contributed by atoms with E-state index in [9.17, 15) is 22.8 Å². The molecule has 0 aliphatic carbocycles. The molecule has 0 bridgehead atoms. The topological polar surface area (TPSA) is 131 Å². The Balaban J connectivity index is 1.77. The molecule has 0 spiro atoms. The summed E-state index contributed by atoms with van der Waals surface area (Å²) in [6, 6.07) is 7.70. The highest BCUT2D eigenvalue weighted by molar-refractivity contribution is 5.95. The van der Waals surface area contributed by atoms with Crippen molar-refractivity contribution in [1.82, 2.24) is 20.2 Å². The number of nitrogens with two attached hydrogens (primary N) is 2. The van der Waals surface area contributed by atoms with E-state index < -0.39 is 35.4 Å². The average molecular weight is 508 g/mol. The maximum atomic E-state index is 13.4. The third-order valence-electron chi connectivity index (χ3n) is 6.52. The van der Waals surface area contributed by atoms with Crippen LogP contribution < -0.4 is 22.2 Å². The predicted octanol–water partition coefficient (Wildman–Crippen LogP) is 2.93. The quantitative estimate of drug-likeness (QED) is 0.456. The van der Waals surface area contributed by atoms with Gasteiger partial charge in [-0.15, -0.1) is 0 Å². The number of hydrazine groups is 1. The molecule has 2 atom stereocenters. The molecule has 196 valence electrons. The Morgan fingerprint density at radius 3 is 2.22 bits per heavy atom. The number of halogens is 3. The monoisotopic (exact) mass is 507 g/mol. The number of aryl methyl sites for hydroxylation is 1. The molecule has 0 saturated heterocycles. The third-order valence-corrected chi connectivity index (χ3v) is 6.52. The molecule has 2 aromatic rings. The first-order valence-corrected chi connectivity index (χ1v) is 11.4.